The zero-order chi connectivity index (χ0) is 17.9. The standard InChI is InChI=1S/C17H17FN4O2S/c18-15-3-5-16(6-4-15)25(23,24)22-9-1-8-21(10-11-22)17-7-2-14(12-19)13-20-17/h2-7,13H,1,8-11H2. The molecule has 0 aliphatic carbocycles. The predicted octanol–water partition coefficient (Wildman–Crippen LogP) is 1.99. The average molecular weight is 360 g/mol. The molecule has 0 spiro atoms. The van der Waals surface area contributed by atoms with E-state index in [0.717, 1.165) is 18.0 Å². The van der Waals surface area contributed by atoms with E-state index < -0.39 is 15.8 Å². The molecule has 3 rings (SSSR count). The summed E-state index contributed by atoms with van der Waals surface area (Å²) in [5.74, 6) is 0.257. The summed E-state index contributed by atoms with van der Waals surface area (Å²) in [5.41, 5.74) is 0.485. The highest BCUT2D eigenvalue weighted by atomic mass is 32.2. The lowest BCUT2D eigenvalue weighted by atomic mass is 10.3. The highest BCUT2D eigenvalue weighted by Gasteiger charge is 2.27. The van der Waals surface area contributed by atoms with Gasteiger partial charge < -0.3 is 4.90 Å². The van der Waals surface area contributed by atoms with Crippen LogP contribution in [0.25, 0.3) is 0 Å². The van der Waals surface area contributed by atoms with Crippen LogP contribution in [0, 0.1) is 17.1 Å². The molecule has 130 valence electrons. The molecule has 0 unspecified atom stereocenters. The van der Waals surface area contributed by atoms with Crippen molar-refractivity contribution in [1.29, 1.82) is 5.26 Å². The molecule has 1 aliphatic rings. The minimum Gasteiger partial charge on any atom is -0.355 e. The molecule has 6 nitrogen and oxygen atoms in total. The molecule has 0 N–H and O–H groups in total. The Hall–Kier alpha value is -2.50. The van der Waals surface area contributed by atoms with Crippen LogP contribution in [-0.2, 0) is 10.0 Å². The maximum absolute atomic E-state index is 13.0. The highest BCUT2D eigenvalue weighted by Crippen LogP contribution is 2.20. The zero-order valence-corrected chi connectivity index (χ0v) is 14.3. The van der Waals surface area contributed by atoms with E-state index in [0.29, 0.717) is 38.2 Å². The van der Waals surface area contributed by atoms with Gasteiger partial charge in [-0.15, -0.1) is 0 Å². The number of hydrogen-bond acceptors (Lipinski definition) is 5. The smallest absolute Gasteiger partial charge is 0.243 e. The van der Waals surface area contributed by atoms with Crippen molar-refractivity contribution in [2.24, 2.45) is 0 Å². The summed E-state index contributed by atoms with van der Waals surface area (Å²) >= 11 is 0. The molecule has 0 atom stereocenters. The summed E-state index contributed by atoms with van der Waals surface area (Å²) in [6.07, 6.45) is 2.16. The van der Waals surface area contributed by atoms with Crippen LogP contribution in [0.2, 0.25) is 0 Å². The molecule has 1 saturated heterocycles. The maximum Gasteiger partial charge on any atom is 0.243 e. The average Bonchev–Trinajstić information content (AvgIpc) is 2.89. The maximum atomic E-state index is 13.0. The summed E-state index contributed by atoms with van der Waals surface area (Å²) in [5, 5.41) is 8.83. The molecule has 1 aromatic carbocycles. The van der Waals surface area contributed by atoms with Crippen LogP contribution in [0.4, 0.5) is 10.2 Å². The molecule has 0 saturated carbocycles. The fraction of sp³-hybridized carbons (Fsp3) is 0.294. The molecule has 0 amide bonds. The predicted molar refractivity (Wildman–Crippen MR) is 90.9 cm³/mol. The Morgan fingerprint density at radius 1 is 1.04 bits per heavy atom. The lowest BCUT2D eigenvalue weighted by Gasteiger charge is -2.22. The lowest BCUT2D eigenvalue weighted by molar-refractivity contribution is 0.433. The molecule has 8 heteroatoms. The number of halogens is 1. The number of nitriles is 1. The van der Waals surface area contributed by atoms with Gasteiger partial charge in [0.2, 0.25) is 10.0 Å². The summed E-state index contributed by atoms with van der Waals surface area (Å²) in [4.78, 5) is 6.36. The Kier molecular flexibility index (Phi) is 4.97. The molecule has 1 aromatic heterocycles. The quantitative estimate of drug-likeness (QED) is 0.837. The number of hydrogen-bond donors (Lipinski definition) is 0. The van der Waals surface area contributed by atoms with Crippen LogP contribution >= 0.6 is 0 Å². The van der Waals surface area contributed by atoms with Gasteiger partial charge in [0.1, 0.15) is 17.7 Å². The van der Waals surface area contributed by atoms with Gasteiger partial charge >= 0.3 is 0 Å². The van der Waals surface area contributed by atoms with Crippen molar-refractivity contribution < 1.29 is 12.8 Å². The minimum atomic E-state index is -3.64. The van der Waals surface area contributed by atoms with Gasteiger partial charge in [-0.1, -0.05) is 0 Å². The van der Waals surface area contributed by atoms with Gasteiger partial charge in [-0.05, 0) is 42.8 Å². The van der Waals surface area contributed by atoms with E-state index in [1.807, 2.05) is 11.0 Å². The summed E-state index contributed by atoms with van der Waals surface area (Å²) in [6, 6.07) is 10.4. The van der Waals surface area contributed by atoms with Crippen molar-refractivity contribution in [3.8, 4) is 6.07 Å². The Morgan fingerprint density at radius 3 is 2.44 bits per heavy atom. The third-order valence-corrected chi connectivity index (χ3v) is 6.02. The van der Waals surface area contributed by atoms with Crippen LogP contribution in [0.5, 0.6) is 0 Å². The number of benzene rings is 1. The van der Waals surface area contributed by atoms with E-state index in [9.17, 15) is 12.8 Å². The normalized spacial score (nSPS) is 16.2. The van der Waals surface area contributed by atoms with Crippen LogP contribution in [0.1, 0.15) is 12.0 Å². The SMILES string of the molecule is N#Cc1ccc(N2CCCN(S(=O)(=O)c3ccc(F)cc3)CC2)nc1. The van der Waals surface area contributed by atoms with Crippen molar-refractivity contribution in [2.45, 2.75) is 11.3 Å². The topological polar surface area (TPSA) is 77.3 Å². The molecule has 25 heavy (non-hydrogen) atoms. The van der Waals surface area contributed by atoms with Crippen molar-refractivity contribution >= 4 is 15.8 Å². The van der Waals surface area contributed by atoms with Crippen LogP contribution in [0.15, 0.2) is 47.5 Å². The second-order valence-electron chi connectivity index (χ2n) is 5.72. The molecular weight excluding hydrogens is 343 g/mol. The van der Waals surface area contributed by atoms with E-state index in [2.05, 4.69) is 4.98 Å². The van der Waals surface area contributed by atoms with Crippen molar-refractivity contribution in [2.75, 3.05) is 31.1 Å². The molecule has 1 aliphatic heterocycles. The van der Waals surface area contributed by atoms with E-state index in [4.69, 9.17) is 5.26 Å². The van der Waals surface area contributed by atoms with Gasteiger partial charge in [0.15, 0.2) is 0 Å². The largest absolute Gasteiger partial charge is 0.355 e. The van der Waals surface area contributed by atoms with Crippen molar-refractivity contribution in [3.63, 3.8) is 0 Å². The molecule has 2 heterocycles. The van der Waals surface area contributed by atoms with Gasteiger partial charge in [-0.2, -0.15) is 9.57 Å². The summed E-state index contributed by atoms with van der Waals surface area (Å²) < 4.78 is 39.9. The number of aromatic nitrogens is 1. The summed E-state index contributed by atoms with van der Waals surface area (Å²) in [7, 11) is -3.64. The van der Waals surface area contributed by atoms with Gasteiger partial charge in [0, 0.05) is 32.4 Å². The van der Waals surface area contributed by atoms with E-state index >= 15 is 0 Å². The van der Waals surface area contributed by atoms with E-state index in [1.165, 1.54) is 22.6 Å². The molecular formula is C17H17FN4O2S. The Labute approximate surface area is 146 Å². The first-order chi connectivity index (χ1) is 12.0. The van der Waals surface area contributed by atoms with Crippen LogP contribution in [0.3, 0.4) is 0 Å². The first kappa shape index (κ1) is 17.3. The number of pyridine rings is 1. The first-order valence-corrected chi connectivity index (χ1v) is 9.31. The van der Waals surface area contributed by atoms with Gasteiger partial charge in [0.05, 0.1) is 10.5 Å². The Morgan fingerprint density at radius 2 is 1.80 bits per heavy atom. The molecule has 1 fully saturated rings. The third kappa shape index (κ3) is 3.78. The number of nitrogens with zero attached hydrogens (tertiary/aromatic N) is 4. The monoisotopic (exact) mass is 360 g/mol. The van der Waals surface area contributed by atoms with Crippen LogP contribution in [-0.4, -0.2) is 43.9 Å². The van der Waals surface area contributed by atoms with Gasteiger partial charge in [0.25, 0.3) is 0 Å². The Balaban J connectivity index is 1.74. The van der Waals surface area contributed by atoms with Crippen LogP contribution < -0.4 is 4.90 Å². The van der Waals surface area contributed by atoms with Gasteiger partial charge in [-0.25, -0.2) is 17.8 Å². The number of rotatable bonds is 3. The molecule has 0 bridgehead atoms. The molecule has 2 aromatic rings. The van der Waals surface area contributed by atoms with E-state index in [1.54, 1.807) is 12.1 Å². The third-order valence-electron chi connectivity index (χ3n) is 4.11. The second-order valence-corrected chi connectivity index (χ2v) is 7.65. The lowest BCUT2D eigenvalue weighted by Crippen LogP contribution is -2.35. The minimum absolute atomic E-state index is 0.0962. The van der Waals surface area contributed by atoms with Gasteiger partial charge in [-0.3, -0.25) is 0 Å². The fourth-order valence-corrected chi connectivity index (χ4v) is 4.23. The number of anilines is 1. The van der Waals surface area contributed by atoms with Crippen molar-refractivity contribution in [3.05, 3.63) is 54.0 Å². The fourth-order valence-electron chi connectivity index (χ4n) is 2.76. The van der Waals surface area contributed by atoms with Crippen molar-refractivity contribution in [1.82, 2.24) is 9.29 Å². The number of sulfonamides is 1. The second kappa shape index (κ2) is 7.17. The molecule has 0 radical (unpaired) electrons. The highest BCUT2D eigenvalue weighted by molar-refractivity contribution is 7.89. The first-order valence-electron chi connectivity index (χ1n) is 7.87. The van der Waals surface area contributed by atoms with E-state index in [-0.39, 0.29) is 4.90 Å². The summed E-state index contributed by atoms with van der Waals surface area (Å²) in [6.45, 7) is 1.89. The Bertz CT molecular complexity index is 876. The zero-order valence-electron chi connectivity index (χ0n) is 13.5.